The van der Waals surface area contributed by atoms with Crippen molar-refractivity contribution in [2.75, 3.05) is 7.11 Å². The quantitative estimate of drug-likeness (QED) is 0.334. The summed E-state index contributed by atoms with van der Waals surface area (Å²) in [6.45, 7) is 7.45. The normalized spacial score (nSPS) is 40.4. The topological polar surface area (TPSA) is 129 Å². The number of nitrogens with one attached hydrogen (secondary N) is 2. The highest BCUT2D eigenvalue weighted by Crippen LogP contribution is 2.59. The lowest BCUT2D eigenvalue weighted by Crippen LogP contribution is -2.67. The highest BCUT2D eigenvalue weighted by Gasteiger charge is 2.72. The lowest BCUT2D eigenvalue weighted by Gasteiger charge is -2.56. The fourth-order valence-corrected chi connectivity index (χ4v) is 7.86. The number of fused-ring (bicyclic) bond motifs is 1. The van der Waals surface area contributed by atoms with E-state index in [1.165, 1.54) is 0 Å². The van der Waals surface area contributed by atoms with Gasteiger partial charge in [-0.1, -0.05) is 50.3 Å². The molecule has 8 heteroatoms. The Kier molecular flexibility index (Phi) is 7.87. The van der Waals surface area contributed by atoms with Crippen molar-refractivity contribution < 1.29 is 29.3 Å². The molecule has 3 aliphatic rings. The van der Waals surface area contributed by atoms with E-state index in [1.54, 1.807) is 14.0 Å². The van der Waals surface area contributed by atoms with Crippen molar-refractivity contribution in [3.05, 3.63) is 59.8 Å². The molecule has 4 N–H and O–H groups in total. The number of methoxy groups -OCH3 is 1. The third-order valence-corrected chi connectivity index (χ3v) is 10.3. The fraction of sp³-hybridized carbons (Fsp3) is 0.545. The molecular weight excluding hydrogens is 520 g/mol. The van der Waals surface area contributed by atoms with E-state index in [0.717, 1.165) is 16.5 Å². The van der Waals surface area contributed by atoms with Crippen LogP contribution < -0.4 is 5.32 Å². The molecule has 9 atom stereocenters. The van der Waals surface area contributed by atoms with Gasteiger partial charge in [-0.2, -0.15) is 0 Å². The Balaban J connectivity index is 1.64. The Morgan fingerprint density at radius 1 is 1.12 bits per heavy atom. The fourth-order valence-electron chi connectivity index (χ4n) is 7.86. The molecule has 1 aromatic carbocycles. The number of aliphatic hydroxyl groups excluding tert-OH is 2. The second kappa shape index (κ2) is 11.0. The second-order valence-corrected chi connectivity index (χ2v) is 12.5. The summed E-state index contributed by atoms with van der Waals surface area (Å²) < 4.78 is 6.01. The molecule has 1 aromatic heterocycles. The number of carbonyl (C=O) groups excluding carboxylic acids is 3. The number of benzene rings is 1. The second-order valence-electron chi connectivity index (χ2n) is 12.5. The van der Waals surface area contributed by atoms with Crippen LogP contribution in [0.4, 0.5) is 0 Å². The summed E-state index contributed by atoms with van der Waals surface area (Å²) in [5.74, 6) is -2.93. The Hall–Kier alpha value is -3.07. The first-order valence-corrected chi connectivity index (χ1v) is 14.7. The van der Waals surface area contributed by atoms with Gasteiger partial charge in [0.2, 0.25) is 5.91 Å². The van der Waals surface area contributed by atoms with Crippen LogP contribution in [0.2, 0.25) is 0 Å². The van der Waals surface area contributed by atoms with Gasteiger partial charge in [0.1, 0.15) is 17.3 Å². The van der Waals surface area contributed by atoms with Gasteiger partial charge in [-0.3, -0.25) is 14.4 Å². The summed E-state index contributed by atoms with van der Waals surface area (Å²) in [5, 5.41) is 26.8. The summed E-state index contributed by atoms with van der Waals surface area (Å²) >= 11 is 0. The number of para-hydroxylation sites is 1. The number of aromatic nitrogens is 1. The van der Waals surface area contributed by atoms with Crippen LogP contribution in [0.1, 0.15) is 52.5 Å². The SMILES string of the molecule is CO[C@]1(C)[C@@H](C)[C@H]2[C@H](Cc3c[nH]c4ccccc34)NC(=O)[C@]23C(=O)CC[C@H](O)C(=O)/C(C)=C/[C@@H](C)C/C=C/[C@H]3[C@@H]1O. The van der Waals surface area contributed by atoms with E-state index in [9.17, 15) is 24.6 Å². The first kappa shape index (κ1) is 29.4. The van der Waals surface area contributed by atoms with Crippen LogP contribution in [0.15, 0.2) is 54.3 Å². The predicted octanol–water partition coefficient (Wildman–Crippen LogP) is 3.66. The first-order chi connectivity index (χ1) is 19.5. The molecule has 1 aliphatic heterocycles. The maximum absolute atomic E-state index is 14.4. The average molecular weight is 563 g/mol. The number of H-pyrrole nitrogens is 1. The molecule has 1 amide bonds. The zero-order valence-electron chi connectivity index (χ0n) is 24.5. The number of ether oxygens (including phenoxy) is 1. The molecule has 2 aromatic rings. The van der Waals surface area contributed by atoms with Crippen LogP contribution >= 0.6 is 0 Å². The zero-order chi connectivity index (χ0) is 29.7. The van der Waals surface area contributed by atoms with Crippen molar-refractivity contribution in [2.45, 2.75) is 77.2 Å². The van der Waals surface area contributed by atoms with Crippen LogP contribution in [0.25, 0.3) is 10.9 Å². The molecule has 2 fully saturated rings. The van der Waals surface area contributed by atoms with Crippen molar-refractivity contribution in [3.8, 4) is 0 Å². The standard InChI is InChI=1S/C33H42N2O6/c1-18-9-8-11-23-30(39)32(4,41-5)20(3)28-25(16-21-17-34-24-12-7-6-10-22(21)24)35-31(40)33(23,28)27(37)14-13-26(36)29(38)19(2)15-18/h6-8,10-12,15,17-18,20,23,25-26,28,30,34,36,39H,9,13-14,16H2,1-5H3,(H,35,40)/b11-8+,19-15+/t18-,20-,23-,25-,26-,28-,30-,32+,33+/m0/s1. The van der Waals surface area contributed by atoms with Crippen LogP contribution in [-0.2, 0) is 25.5 Å². The minimum atomic E-state index is -1.58. The maximum atomic E-state index is 14.4. The van der Waals surface area contributed by atoms with Crippen molar-refractivity contribution in [2.24, 2.45) is 29.1 Å². The number of rotatable bonds is 3. The number of aromatic amines is 1. The Bertz CT molecular complexity index is 1410. The minimum Gasteiger partial charge on any atom is -0.389 e. The van der Waals surface area contributed by atoms with Crippen LogP contribution in [-0.4, -0.2) is 63.6 Å². The molecule has 0 bridgehead atoms. The zero-order valence-corrected chi connectivity index (χ0v) is 24.5. The van der Waals surface area contributed by atoms with E-state index in [2.05, 4.69) is 10.3 Å². The van der Waals surface area contributed by atoms with Gasteiger partial charge in [0.05, 0.1) is 11.7 Å². The van der Waals surface area contributed by atoms with E-state index in [-0.39, 0.29) is 30.5 Å². The van der Waals surface area contributed by atoms with Crippen molar-refractivity contribution in [1.82, 2.24) is 10.3 Å². The molecule has 41 heavy (non-hydrogen) atoms. The number of allylic oxidation sites excluding steroid dienone is 2. The maximum Gasteiger partial charge on any atom is 0.235 e. The molecule has 5 rings (SSSR count). The summed E-state index contributed by atoms with van der Waals surface area (Å²) in [5.41, 5.74) is -0.129. The average Bonchev–Trinajstić information content (AvgIpc) is 3.49. The summed E-state index contributed by atoms with van der Waals surface area (Å²) in [6, 6.07) is 7.57. The van der Waals surface area contributed by atoms with Gasteiger partial charge in [0.25, 0.3) is 0 Å². The number of ketones is 2. The van der Waals surface area contributed by atoms with Gasteiger partial charge in [-0.15, -0.1) is 0 Å². The van der Waals surface area contributed by atoms with Crippen molar-refractivity contribution in [1.29, 1.82) is 0 Å². The van der Waals surface area contributed by atoms with E-state index >= 15 is 0 Å². The van der Waals surface area contributed by atoms with Crippen LogP contribution in [0, 0.1) is 29.1 Å². The Morgan fingerprint density at radius 2 is 1.85 bits per heavy atom. The van der Waals surface area contributed by atoms with Gasteiger partial charge in [0.15, 0.2) is 5.78 Å². The number of hydrogen-bond acceptors (Lipinski definition) is 6. The van der Waals surface area contributed by atoms with E-state index in [0.29, 0.717) is 18.4 Å². The van der Waals surface area contributed by atoms with Gasteiger partial charge < -0.3 is 25.3 Å². The summed E-state index contributed by atoms with van der Waals surface area (Å²) in [4.78, 5) is 44.8. The molecule has 8 nitrogen and oxygen atoms in total. The summed E-state index contributed by atoms with van der Waals surface area (Å²) in [6.07, 6.45) is 5.80. The largest absolute Gasteiger partial charge is 0.389 e. The van der Waals surface area contributed by atoms with E-state index in [1.807, 2.05) is 69.5 Å². The monoisotopic (exact) mass is 562 g/mol. The molecule has 2 heterocycles. The molecule has 1 spiro atoms. The van der Waals surface area contributed by atoms with Crippen LogP contribution in [0.3, 0.4) is 0 Å². The smallest absolute Gasteiger partial charge is 0.235 e. The van der Waals surface area contributed by atoms with E-state index < -0.39 is 52.8 Å². The van der Waals surface area contributed by atoms with Gasteiger partial charge in [-0.05, 0) is 62.1 Å². The molecule has 0 radical (unpaired) electrons. The number of hydrogen-bond donors (Lipinski definition) is 4. The molecule has 1 saturated carbocycles. The highest BCUT2D eigenvalue weighted by atomic mass is 16.5. The third kappa shape index (κ3) is 4.60. The lowest BCUT2D eigenvalue weighted by molar-refractivity contribution is -0.209. The van der Waals surface area contributed by atoms with E-state index in [4.69, 9.17) is 4.74 Å². The van der Waals surface area contributed by atoms with Crippen molar-refractivity contribution >= 4 is 28.4 Å². The number of aliphatic hydroxyl groups is 2. The van der Waals surface area contributed by atoms with Crippen molar-refractivity contribution in [3.63, 3.8) is 0 Å². The molecule has 1 saturated heterocycles. The minimum absolute atomic E-state index is 0.0221. The summed E-state index contributed by atoms with van der Waals surface area (Å²) in [7, 11) is 1.56. The first-order valence-electron chi connectivity index (χ1n) is 14.7. The predicted molar refractivity (Wildman–Crippen MR) is 156 cm³/mol. The Labute approximate surface area is 241 Å². The lowest BCUT2D eigenvalue weighted by atomic mass is 9.49. The van der Waals surface area contributed by atoms with Gasteiger partial charge in [0, 0.05) is 48.5 Å². The molecule has 220 valence electrons. The Morgan fingerprint density at radius 3 is 2.59 bits per heavy atom. The van der Waals surface area contributed by atoms with Gasteiger partial charge >= 0.3 is 0 Å². The highest BCUT2D eigenvalue weighted by molar-refractivity contribution is 6.09. The van der Waals surface area contributed by atoms with Gasteiger partial charge in [-0.25, -0.2) is 0 Å². The number of amides is 1. The third-order valence-electron chi connectivity index (χ3n) is 10.3. The molecule has 2 aliphatic carbocycles. The molecular formula is C33H42N2O6. The molecule has 0 unspecified atom stereocenters. The number of Topliss-reactive ketones (excluding diaryl/α,β-unsaturated/α-hetero) is 2. The van der Waals surface area contributed by atoms with Crippen LogP contribution in [0.5, 0.6) is 0 Å². The number of carbonyl (C=O) groups is 3.